The van der Waals surface area contributed by atoms with Crippen LogP contribution in [0.15, 0.2) is 6.07 Å². The van der Waals surface area contributed by atoms with Crippen LogP contribution in [0.2, 0.25) is 0 Å². The zero-order chi connectivity index (χ0) is 8.72. The van der Waals surface area contributed by atoms with Crippen LogP contribution in [0.1, 0.15) is 5.56 Å². The van der Waals surface area contributed by atoms with Crippen molar-refractivity contribution in [1.82, 2.24) is 0 Å². The van der Waals surface area contributed by atoms with E-state index >= 15 is 0 Å². The summed E-state index contributed by atoms with van der Waals surface area (Å²) in [7, 11) is 1.69. The van der Waals surface area contributed by atoms with Crippen LogP contribution in [0.4, 0.5) is 10.1 Å². The van der Waals surface area contributed by atoms with Gasteiger partial charge in [-0.25, -0.2) is 4.39 Å². The third kappa shape index (κ3) is 0.874. The Morgan fingerprint density at radius 1 is 1.58 bits per heavy atom. The maximum atomic E-state index is 13.2. The van der Waals surface area contributed by atoms with Crippen molar-refractivity contribution >= 4 is 19.0 Å². The van der Waals surface area contributed by atoms with E-state index in [1.807, 2.05) is 0 Å². The first-order valence-electron chi connectivity index (χ1n) is 3.90. The second kappa shape index (κ2) is 2.40. The summed E-state index contributed by atoms with van der Waals surface area (Å²) in [5, 5.41) is 0. The fourth-order valence-corrected chi connectivity index (χ4v) is 1.52. The number of halogens is 1. The van der Waals surface area contributed by atoms with Gasteiger partial charge in [0.2, 0.25) is 0 Å². The van der Waals surface area contributed by atoms with Gasteiger partial charge in [-0.05, 0) is 17.1 Å². The Bertz CT molecular complexity index is 340. The molecule has 1 aromatic carbocycles. The summed E-state index contributed by atoms with van der Waals surface area (Å²) in [4.78, 5) is 0. The standard InChI is InChI=1S/C8H9BFNO/c9-6-7(10)5(11)3-4-1-2-12-8(4)6/h3H,1-2,9,11H2. The van der Waals surface area contributed by atoms with Gasteiger partial charge in [0, 0.05) is 6.42 Å². The minimum Gasteiger partial charge on any atom is -0.493 e. The predicted octanol–water partition coefficient (Wildman–Crippen LogP) is -0.399. The molecule has 0 atom stereocenters. The fourth-order valence-electron chi connectivity index (χ4n) is 1.52. The number of benzene rings is 1. The Hall–Kier alpha value is -1.19. The molecule has 2 nitrogen and oxygen atoms in total. The minimum absolute atomic E-state index is 0.219. The van der Waals surface area contributed by atoms with E-state index in [1.54, 1.807) is 13.9 Å². The number of hydrogen-bond donors (Lipinski definition) is 1. The normalized spacial score (nSPS) is 14.1. The summed E-state index contributed by atoms with van der Waals surface area (Å²) in [5.74, 6) is 0.331. The van der Waals surface area contributed by atoms with Crippen LogP contribution in [-0.2, 0) is 6.42 Å². The van der Waals surface area contributed by atoms with Crippen molar-refractivity contribution in [3.63, 3.8) is 0 Å². The number of hydrogen-bond acceptors (Lipinski definition) is 2. The molecule has 0 aliphatic carbocycles. The molecule has 1 aliphatic rings. The average Bonchev–Trinajstić information content (AvgIpc) is 2.48. The number of nitrogens with two attached hydrogens (primary N) is 1. The van der Waals surface area contributed by atoms with Crippen molar-refractivity contribution in [3.05, 3.63) is 17.4 Å². The van der Waals surface area contributed by atoms with E-state index in [0.29, 0.717) is 17.8 Å². The maximum Gasteiger partial charge on any atom is 0.148 e. The van der Waals surface area contributed by atoms with E-state index in [-0.39, 0.29) is 11.5 Å². The number of anilines is 1. The molecule has 0 fully saturated rings. The molecule has 0 amide bonds. The predicted molar refractivity (Wildman–Crippen MR) is 48.2 cm³/mol. The van der Waals surface area contributed by atoms with Gasteiger partial charge in [-0.3, -0.25) is 0 Å². The first-order valence-corrected chi connectivity index (χ1v) is 3.90. The monoisotopic (exact) mass is 165 g/mol. The van der Waals surface area contributed by atoms with Crippen molar-refractivity contribution < 1.29 is 9.13 Å². The van der Waals surface area contributed by atoms with Gasteiger partial charge in [0.1, 0.15) is 19.4 Å². The van der Waals surface area contributed by atoms with Crippen LogP contribution in [0, 0.1) is 5.82 Å². The van der Waals surface area contributed by atoms with Crippen LogP contribution in [0.5, 0.6) is 5.75 Å². The summed E-state index contributed by atoms with van der Waals surface area (Å²) in [6.45, 7) is 0.638. The molecule has 0 unspecified atom stereocenters. The third-order valence-electron chi connectivity index (χ3n) is 2.16. The Kier molecular flexibility index (Phi) is 1.49. The smallest absolute Gasteiger partial charge is 0.148 e. The summed E-state index contributed by atoms with van der Waals surface area (Å²) in [5.41, 5.74) is 7.23. The van der Waals surface area contributed by atoms with Crippen molar-refractivity contribution in [2.75, 3.05) is 12.3 Å². The summed E-state index contributed by atoms with van der Waals surface area (Å²) in [6.07, 6.45) is 0.834. The number of nitrogen functional groups attached to an aromatic ring is 1. The van der Waals surface area contributed by atoms with Gasteiger partial charge in [-0.2, -0.15) is 0 Å². The Balaban J connectivity index is 2.67. The molecule has 2 rings (SSSR count). The molecule has 0 bridgehead atoms. The van der Waals surface area contributed by atoms with Crippen molar-refractivity contribution in [1.29, 1.82) is 0 Å². The molecule has 0 aromatic heterocycles. The molecule has 1 heterocycles. The molecular weight excluding hydrogens is 156 g/mol. The first kappa shape index (κ1) is 7.46. The Morgan fingerprint density at radius 2 is 2.33 bits per heavy atom. The largest absolute Gasteiger partial charge is 0.493 e. The summed E-state index contributed by atoms with van der Waals surface area (Å²) in [6, 6.07) is 1.66. The summed E-state index contributed by atoms with van der Waals surface area (Å²) >= 11 is 0. The van der Waals surface area contributed by atoms with Crippen LogP contribution < -0.4 is 15.9 Å². The molecule has 0 radical (unpaired) electrons. The third-order valence-corrected chi connectivity index (χ3v) is 2.16. The van der Waals surface area contributed by atoms with Crippen LogP contribution in [-0.4, -0.2) is 14.5 Å². The lowest BCUT2D eigenvalue weighted by atomic mass is 9.91. The average molecular weight is 165 g/mol. The number of rotatable bonds is 0. The highest BCUT2D eigenvalue weighted by Crippen LogP contribution is 2.26. The lowest BCUT2D eigenvalue weighted by Gasteiger charge is -2.06. The molecule has 0 saturated carbocycles. The van der Waals surface area contributed by atoms with Gasteiger partial charge < -0.3 is 10.5 Å². The molecule has 2 N–H and O–H groups in total. The SMILES string of the molecule is Bc1c(F)c(N)cc2c1OCC2. The zero-order valence-corrected chi connectivity index (χ0v) is 6.86. The van der Waals surface area contributed by atoms with E-state index in [2.05, 4.69) is 0 Å². The van der Waals surface area contributed by atoms with Crippen LogP contribution in [0.3, 0.4) is 0 Å². The maximum absolute atomic E-state index is 13.2. The van der Waals surface area contributed by atoms with Gasteiger partial charge in [0.25, 0.3) is 0 Å². The fraction of sp³-hybridized carbons (Fsp3) is 0.250. The quantitative estimate of drug-likeness (QED) is 0.419. The topological polar surface area (TPSA) is 35.2 Å². The molecule has 0 spiro atoms. The van der Waals surface area contributed by atoms with Crippen molar-refractivity contribution in [2.24, 2.45) is 0 Å². The van der Waals surface area contributed by atoms with Gasteiger partial charge in [0.15, 0.2) is 0 Å². The van der Waals surface area contributed by atoms with Crippen LogP contribution in [0.25, 0.3) is 0 Å². The lowest BCUT2D eigenvalue weighted by Crippen LogP contribution is -2.14. The van der Waals surface area contributed by atoms with E-state index in [9.17, 15) is 4.39 Å². The lowest BCUT2D eigenvalue weighted by molar-refractivity contribution is 0.358. The van der Waals surface area contributed by atoms with Gasteiger partial charge in [-0.1, -0.05) is 0 Å². The van der Waals surface area contributed by atoms with Gasteiger partial charge >= 0.3 is 0 Å². The summed E-state index contributed by atoms with van der Waals surface area (Å²) < 4.78 is 18.5. The van der Waals surface area contributed by atoms with Crippen LogP contribution >= 0.6 is 0 Å². The highest BCUT2D eigenvalue weighted by atomic mass is 19.1. The highest BCUT2D eigenvalue weighted by molar-refractivity contribution is 6.35. The molecule has 1 aromatic rings. The molecule has 1 aliphatic heterocycles. The van der Waals surface area contributed by atoms with E-state index < -0.39 is 0 Å². The first-order chi connectivity index (χ1) is 5.70. The molecule has 62 valence electrons. The second-order valence-corrected chi connectivity index (χ2v) is 2.99. The molecule has 4 heteroatoms. The zero-order valence-electron chi connectivity index (χ0n) is 6.86. The second-order valence-electron chi connectivity index (χ2n) is 2.99. The Morgan fingerprint density at radius 3 is 3.08 bits per heavy atom. The van der Waals surface area contributed by atoms with Gasteiger partial charge in [-0.15, -0.1) is 0 Å². The number of fused-ring (bicyclic) bond motifs is 1. The minimum atomic E-state index is -0.351. The van der Waals surface area contributed by atoms with Crippen molar-refractivity contribution in [2.45, 2.75) is 6.42 Å². The molecular formula is C8H9BFNO. The molecule has 0 saturated heterocycles. The highest BCUT2D eigenvalue weighted by Gasteiger charge is 2.18. The van der Waals surface area contributed by atoms with E-state index in [4.69, 9.17) is 10.5 Å². The molecule has 12 heavy (non-hydrogen) atoms. The Labute approximate surface area is 70.9 Å². The van der Waals surface area contributed by atoms with E-state index in [0.717, 1.165) is 12.0 Å². The van der Waals surface area contributed by atoms with Crippen molar-refractivity contribution in [3.8, 4) is 5.75 Å². The van der Waals surface area contributed by atoms with E-state index in [1.165, 1.54) is 0 Å². The van der Waals surface area contributed by atoms with Gasteiger partial charge in [0.05, 0.1) is 12.3 Å². The number of ether oxygens (including phenoxy) is 1.